The van der Waals surface area contributed by atoms with Crippen LogP contribution in [0.4, 0.5) is 0 Å². The topological polar surface area (TPSA) is 42.2 Å². The van der Waals surface area contributed by atoms with Crippen molar-refractivity contribution in [1.29, 1.82) is 0 Å². The third kappa shape index (κ3) is 8.13. The van der Waals surface area contributed by atoms with E-state index in [1.165, 1.54) is 16.3 Å². The summed E-state index contributed by atoms with van der Waals surface area (Å²) in [4.78, 5) is 7.11. The van der Waals surface area contributed by atoms with Crippen LogP contribution in [0.3, 0.4) is 0 Å². The van der Waals surface area contributed by atoms with Gasteiger partial charge in [-0.2, -0.15) is 0 Å². The van der Waals surface area contributed by atoms with Gasteiger partial charge in [-0.25, -0.2) is 4.98 Å². The van der Waals surface area contributed by atoms with Gasteiger partial charge < -0.3 is 5.73 Å². The predicted molar refractivity (Wildman–Crippen MR) is 105 cm³/mol. The van der Waals surface area contributed by atoms with Crippen molar-refractivity contribution >= 4 is 36.2 Å². The number of nitrogens with two attached hydrogens (primary N) is 1. The Morgan fingerprint density at radius 3 is 2.48 bits per heavy atom. The zero-order valence-electron chi connectivity index (χ0n) is 13.6. The minimum absolute atomic E-state index is 0. The standard InChI is InChI=1S/C17H25N3S.2ClH/c1-2-6-17-19-16(14-21-17)13-20(12-10-18)11-9-15-7-4-3-5-8-15;;/h3-5,7-8,14H,2,6,9-13,18H2,1H3;2*1H. The highest BCUT2D eigenvalue weighted by atomic mass is 35.5. The number of aryl methyl sites for hydroxylation is 1. The molecule has 2 N–H and O–H groups in total. The largest absolute Gasteiger partial charge is 0.329 e. The molecule has 23 heavy (non-hydrogen) atoms. The molecule has 0 spiro atoms. The van der Waals surface area contributed by atoms with Gasteiger partial charge in [0, 0.05) is 31.6 Å². The quantitative estimate of drug-likeness (QED) is 0.721. The van der Waals surface area contributed by atoms with E-state index in [2.05, 4.69) is 47.5 Å². The maximum Gasteiger partial charge on any atom is 0.0928 e. The van der Waals surface area contributed by atoms with Crippen LogP contribution in [0, 0.1) is 0 Å². The fraction of sp³-hybridized carbons (Fsp3) is 0.471. The van der Waals surface area contributed by atoms with Crippen LogP contribution in [0.15, 0.2) is 35.7 Å². The van der Waals surface area contributed by atoms with Gasteiger partial charge in [0.2, 0.25) is 0 Å². The lowest BCUT2D eigenvalue weighted by molar-refractivity contribution is 0.273. The van der Waals surface area contributed by atoms with Gasteiger partial charge in [0.15, 0.2) is 0 Å². The summed E-state index contributed by atoms with van der Waals surface area (Å²) in [6.45, 7) is 5.75. The van der Waals surface area contributed by atoms with Crippen molar-refractivity contribution in [3.05, 3.63) is 52.0 Å². The molecule has 0 aliphatic carbocycles. The molecule has 0 bridgehead atoms. The molecule has 3 nitrogen and oxygen atoms in total. The summed E-state index contributed by atoms with van der Waals surface area (Å²) in [5.74, 6) is 0. The smallest absolute Gasteiger partial charge is 0.0928 e. The van der Waals surface area contributed by atoms with E-state index in [0.717, 1.165) is 38.9 Å². The summed E-state index contributed by atoms with van der Waals surface area (Å²) in [6, 6.07) is 10.6. The first-order chi connectivity index (χ1) is 10.3. The zero-order chi connectivity index (χ0) is 14.9. The maximum atomic E-state index is 5.75. The summed E-state index contributed by atoms with van der Waals surface area (Å²) in [6.07, 6.45) is 3.31. The number of halogens is 2. The molecule has 1 aromatic carbocycles. The van der Waals surface area contributed by atoms with E-state index in [9.17, 15) is 0 Å². The van der Waals surface area contributed by atoms with E-state index in [-0.39, 0.29) is 24.8 Å². The Kier molecular flexibility index (Phi) is 12.4. The molecule has 0 unspecified atom stereocenters. The number of hydrogen-bond acceptors (Lipinski definition) is 4. The highest BCUT2D eigenvalue weighted by Gasteiger charge is 2.08. The zero-order valence-corrected chi connectivity index (χ0v) is 16.1. The molecule has 2 rings (SSSR count). The van der Waals surface area contributed by atoms with E-state index in [1.54, 1.807) is 11.3 Å². The monoisotopic (exact) mass is 375 g/mol. The number of hydrogen-bond donors (Lipinski definition) is 1. The van der Waals surface area contributed by atoms with Gasteiger partial charge in [-0.1, -0.05) is 37.3 Å². The van der Waals surface area contributed by atoms with E-state index >= 15 is 0 Å². The van der Waals surface area contributed by atoms with Crippen molar-refractivity contribution in [1.82, 2.24) is 9.88 Å². The van der Waals surface area contributed by atoms with Gasteiger partial charge in [-0.3, -0.25) is 4.90 Å². The van der Waals surface area contributed by atoms with Crippen molar-refractivity contribution < 1.29 is 0 Å². The van der Waals surface area contributed by atoms with Crippen LogP contribution in [-0.4, -0.2) is 29.5 Å². The van der Waals surface area contributed by atoms with Crippen LogP contribution in [-0.2, 0) is 19.4 Å². The van der Waals surface area contributed by atoms with E-state index in [1.807, 2.05) is 0 Å². The van der Waals surface area contributed by atoms with Crippen LogP contribution >= 0.6 is 36.2 Å². The van der Waals surface area contributed by atoms with Crippen molar-refractivity contribution in [2.45, 2.75) is 32.7 Å². The molecular weight excluding hydrogens is 349 g/mol. The fourth-order valence-electron chi connectivity index (χ4n) is 2.36. The molecule has 0 aliphatic heterocycles. The minimum atomic E-state index is 0. The first-order valence-corrected chi connectivity index (χ1v) is 8.59. The van der Waals surface area contributed by atoms with Gasteiger partial charge >= 0.3 is 0 Å². The summed E-state index contributed by atoms with van der Waals surface area (Å²) in [7, 11) is 0. The predicted octanol–water partition coefficient (Wildman–Crippen LogP) is 3.94. The minimum Gasteiger partial charge on any atom is -0.329 e. The first kappa shape index (κ1) is 22.4. The molecule has 2 aromatic rings. The van der Waals surface area contributed by atoms with Crippen LogP contribution in [0.1, 0.15) is 29.6 Å². The summed E-state index contributed by atoms with van der Waals surface area (Å²) in [5, 5.41) is 3.44. The molecule has 130 valence electrons. The highest BCUT2D eigenvalue weighted by Crippen LogP contribution is 2.14. The molecule has 0 fully saturated rings. The summed E-state index contributed by atoms with van der Waals surface area (Å²) in [5.41, 5.74) is 8.31. The summed E-state index contributed by atoms with van der Waals surface area (Å²) < 4.78 is 0. The highest BCUT2D eigenvalue weighted by molar-refractivity contribution is 7.09. The Balaban J connectivity index is 0.00000242. The molecule has 0 atom stereocenters. The normalized spacial score (nSPS) is 10.2. The Hall–Kier alpha value is -0.650. The Bertz CT molecular complexity index is 520. The van der Waals surface area contributed by atoms with Crippen LogP contribution in [0.25, 0.3) is 0 Å². The second-order valence-electron chi connectivity index (χ2n) is 5.28. The van der Waals surface area contributed by atoms with Gasteiger partial charge in [-0.05, 0) is 24.8 Å². The maximum absolute atomic E-state index is 5.75. The van der Waals surface area contributed by atoms with E-state index < -0.39 is 0 Å². The summed E-state index contributed by atoms with van der Waals surface area (Å²) >= 11 is 1.78. The van der Waals surface area contributed by atoms with E-state index in [4.69, 9.17) is 10.7 Å². The first-order valence-electron chi connectivity index (χ1n) is 7.71. The molecule has 0 aliphatic rings. The van der Waals surface area contributed by atoms with Crippen LogP contribution in [0.5, 0.6) is 0 Å². The number of benzene rings is 1. The van der Waals surface area contributed by atoms with Crippen LogP contribution < -0.4 is 5.73 Å². The van der Waals surface area contributed by atoms with Gasteiger partial charge in [-0.15, -0.1) is 36.2 Å². The van der Waals surface area contributed by atoms with Crippen molar-refractivity contribution in [3.8, 4) is 0 Å². The second kappa shape index (κ2) is 12.7. The average molecular weight is 376 g/mol. The molecule has 6 heteroatoms. The lowest BCUT2D eigenvalue weighted by Crippen LogP contribution is -2.31. The number of thiazole rings is 1. The number of rotatable bonds is 9. The third-order valence-corrected chi connectivity index (χ3v) is 4.41. The lowest BCUT2D eigenvalue weighted by Gasteiger charge is -2.20. The van der Waals surface area contributed by atoms with Crippen molar-refractivity contribution in [3.63, 3.8) is 0 Å². The SMILES string of the molecule is CCCc1nc(CN(CCN)CCc2ccccc2)cs1.Cl.Cl. The fourth-order valence-corrected chi connectivity index (χ4v) is 3.25. The Morgan fingerprint density at radius 1 is 1.09 bits per heavy atom. The molecule has 0 saturated heterocycles. The molecular formula is C17H27Cl2N3S. The van der Waals surface area contributed by atoms with Crippen LogP contribution in [0.2, 0.25) is 0 Å². The molecule has 0 amide bonds. The number of nitrogens with zero attached hydrogens (tertiary/aromatic N) is 2. The Morgan fingerprint density at radius 2 is 1.83 bits per heavy atom. The molecule has 0 radical (unpaired) electrons. The van der Waals surface area contributed by atoms with Crippen molar-refractivity contribution in [2.75, 3.05) is 19.6 Å². The second-order valence-corrected chi connectivity index (χ2v) is 6.23. The van der Waals surface area contributed by atoms with Gasteiger partial charge in [0.1, 0.15) is 0 Å². The van der Waals surface area contributed by atoms with Crippen molar-refractivity contribution in [2.24, 2.45) is 5.73 Å². The molecule has 1 aromatic heterocycles. The van der Waals surface area contributed by atoms with Gasteiger partial charge in [0.05, 0.1) is 10.7 Å². The lowest BCUT2D eigenvalue weighted by atomic mass is 10.1. The van der Waals surface area contributed by atoms with Gasteiger partial charge in [0.25, 0.3) is 0 Å². The third-order valence-electron chi connectivity index (χ3n) is 3.45. The molecule has 0 saturated carbocycles. The molecule has 1 heterocycles. The average Bonchev–Trinajstić information content (AvgIpc) is 2.94. The van der Waals surface area contributed by atoms with E-state index in [0.29, 0.717) is 6.54 Å². The number of aromatic nitrogens is 1. The Labute approximate surface area is 156 Å².